The Bertz CT molecular complexity index is 2240. The molecule has 7 aliphatic carbocycles. The number of nitrogens with zero attached hydrogens (tertiary/aromatic N) is 1. The van der Waals surface area contributed by atoms with Crippen molar-refractivity contribution in [2.24, 2.45) is 23.2 Å². The minimum absolute atomic E-state index is 0.0650. The van der Waals surface area contributed by atoms with Gasteiger partial charge in [0.15, 0.2) is 11.6 Å². The topological polar surface area (TPSA) is 37.4 Å². The van der Waals surface area contributed by atoms with Gasteiger partial charge in [0.25, 0.3) is 0 Å². The first-order valence-electron chi connectivity index (χ1n) is 21.4. The number of likely N-dealkylation sites (tertiary alicyclic amines) is 1. The van der Waals surface area contributed by atoms with Crippen LogP contribution in [0.15, 0.2) is 125 Å². The van der Waals surface area contributed by atoms with Crippen LogP contribution in [0.5, 0.6) is 0 Å². The Balaban J connectivity index is 0.000000847. The van der Waals surface area contributed by atoms with E-state index in [0.29, 0.717) is 29.7 Å². The molecular formula is C53H61NO2. The molecule has 9 rings (SSSR count). The van der Waals surface area contributed by atoms with Gasteiger partial charge < -0.3 is 4.90 Å². The zero-order chi connectivity index (χ0) is 40.3. The summed E-state index contributed by atoms with van der Waals surface area (Å²) in [5.41, 5.74) is 22.2. The van der Waals surface area contributed by atoms with E-state index in [4.69, 9.17) is 0 Å². The fourth-order valence-corrected chi connectivity index (χ4v) is 9.17. The molecule has 0 spiro atoms. The second kappa shape index (κ2) is 17.2. The van der Waals surface area contributed by atoms with Crippen LogP contribution < -0.4 is 0 Å². The molecule has 3 nitrogen and oxygen atoms in total. The van der Waals surface area contributed by atoms with E-state index in [1.54, 1.807) is 6.08 Å². The summed E-state index contributed by atoms with van der Waals surface area (Å²) in [4.78, 5) is 29.3. The van der Waals surface area contributed by atoms with Crippen molar-refractivity contribution in [1.82, 2.24) is 4.90 Å². The molecule has 0 bridgehead atoms. The SMILES string of the molecule is C=C/C(=C\C=C1\C=CC(CC2CCN(CCc3c(C4=CC5=C=C=C54)ccc4c3C3=C(C=C3)C(C)(C)CC4=O)CC2)C1C)C(=O)c1cc2ccc1-2.CC.CC.CC. The van der Waals surface area contributed by atoms with Crippen LogP contribution in [0.3, 0.4) is 0 Å². The summed E-state index contributed by atoms with van der Waals surface area (Å²) in [6.07, 6.45) is 22.2. The van der Waals surface area contributed by atoms with Gasteiger partial charge >= 0.3 is 0 Å². The summed E-state index contributed by atoms with van der Waals surface area (Å²) < 4.78 is 0. The van der Waals surface area contributed by atoms with E-state index in [9.17, 15) is 9.59 Å². The number of rotatable bonds is 10. The maximum Gasteiger partial charge on any atom is 0.193 e. The molecule has 56 heavy (non-hydrogen) atoms. The maximum absolute atomic E-state index is 13.6. The van der Waals surface area contributed by atoms with Gasteiger partial charge in [-0.25, -0.2) is 0 Å². The first-order chi connectivity index (χ1) is 27.2. The number of hydrogen-bond donors (Lipinski definition) is 0. The van der Waals surface area contributed by atoms with Crippen molar-refractivity contribution in [1.29, 1.82) is 0 Å². The Morgan fingerprint density at radius 1 is 0.946 bits per heavy atom. The second-order valence-corrected chi connectivity index (χ2v) is 15.9. The molecular weight excluding hydrogens is 683 g/mol. The molecule has 1 aromatic rings. The van der Waals surface area contributed by atoms with E-state index in [1.807, 2.05) is 65.8 Å². The zero-order valence-electron chi connectivity index (χ0n) is 35.4. The van der Waals surface area contributed by atoms with Crippen LogP contribution in [0.25, 0.3) is 22.3 Å². The van der Waals surface area contributed by atoms with Crippen molar-refractivity contribution < 1.29 is 9.59 Å². The van der Waals surface area contributed by atoms with E-state index >= 15 is 0 Å². The molecule has 1 saturated heterocycles. The Morgan fingerprint density at radius 3 is 2.21 bits per heavy atom. The molecule has 0 aromatic heterocycles. The highest BCUT2D eigenvalue weighted by molar-refractivity contribution is 6.18. The van der Waals surface area contributed by atoms with Crippen LogP contribution in [0.1, 0.15) is 125 Å². The van der Waals surface area contributed by atoms with Crippen LogP contribution >= 0.6 is 0 Å². The quantitative estimate of drug-likeness (QED) is 0.0898. The molecule has 8 aliphatic rings. The lowest BCUT2D eigenvalue weighted by Gasteiger charge is -2.34. The van der Waals surface area contributed by atoms with Crippen molar-refractivity contribution in [3.8, 4) is 11.1 Å². The largest absolute Gasteiger partial charge is 0.303 e. The van der Waals surface area contributed by atoms with E-state index in [-0.39, 0.29) is 17.0 Å². The van der Waals surface area contributed by atoms with Crippen LogP contribution in [-0.4, -0.2) is 36.1 Å². The highest BCUT2D eigenvalue weighted by atomic mass is 16.1. The van der Waals surface area contributed by atoms with Crippen LogP contribution in [0.4, 0.5) is 0 Å². The molecule has 2 atom stereocenters. The Hall–Kier alpha value is -4.78. The number of ketones is 2. The van der Waals surface area contributed by atoms with Crippen LogP contribution in [0, 0.1) is 23.2 Å². The number of carbonyl (C=O) groups is 2. The summed E-state index contributed by atoms with van der Waals surface area (Å²) in [5.74, 6) is 2.01. The molecule has 0 radical (unpaired) electrons. The molecule has 1 heterocycles. The minimum Gasteiger partial charge on any atom is -0.303 e. The number of allylic oxidation sites excluding steroid dienone is 15. The highest BCUT2D eigenvalue weighted by Crippen LogP contribution is 2.51. The number of piperidine rings is 1. The third kappa shape index (κ3) is 7.30. The van der Waals surface area contributed by atoms with Gasteiger partial charge in [-0.2, -0.15) is 0 Å². The van der Waals surface area contributed by atoms with Gasteiger partial charge in [0.2, 0.25) is 0 Å². The average Bonchev–Trinajstić information content (AvgIpc) is 3.50. The number of fused-ring (bicyclic) bond motifs is 4. The number of hydrogen-bond acceptors (Lipinski definition) is 3. The van der Waals surface area contributed by atoms with Gasteiger partial charge in [0, 0.05) is 46.4 Å². The second-order valence-electron chi connectivity index (χ2n) is 15.9. The standard InChI is InChI=1S/C47H43NO2.3C2H6/c1-5-30(46(50)42-26-34-11-13-36(34)42)6-7-31-8-9-32(28(31)2)24-29-18-21-48(22-19-29)23-20-38-37(41-25-33-10-12-35(33)41)14-15-40-44(49)27-47(3,4)43-17-16-39(43)45(38)40;3*1-2/h5-9,11,13-17,25-26,28-29,32H,1,18-24,27H2,2-4H3;3*1-2H3/b30-6+,31-7-;;;. The van der Waals surface area contributed by atoms with Gasteiger partial charge in [0.1, 0.15) is 0 Å². The fourth-order valence-electron chi connectivity index (χ4n) is 9.17. The first kappa shape index (κ1) is 40.9. The van der Waals surface area contributed by atoms with E-state index in [2.05, 4.69) is 92.3 Å². The molecule has 2 unspecified atom stereocenters. The highest BCUT2D eigenvalue weighted by Gasteiger charge is 2.38. The number of Topliss-reactive ketones (excluding diaryl/α,β-unsaturated/α-hetero) is 2. The Morgan fingerprint density at radius 2 is 1.66 bits per heavy atom. The van der Waals surface area contributed by atoms with Gasteiger partial charge in [-0.3, -0.25) is 9.59 Å². The minimum atomic E-state index is -0.152. The summed E-state index contributed by atoms with van der Waals surface area (Å²) in [7, 11) is 0. The number of benzene rings is 2. The van der Waals surface area contributed by atoms with Crippen LogP contribution in [0.2, 0.25) is 0 Å². The lowest BCUT2D eigenvalue weighted by atomic mass is 9.72. The predicted molar refractivity (Wildman–Crippen MR) is 237 cm³/mol. The fraction of sp³-hybridized carbons (Fsp3) is 0.396. The van der Waals surface area contributed by atoms with Crippen molar-refractivity contribution in [2.75, 3.05) is 19.6 Å². The summed E-state index contributed by atoms with van der Waals surface area (Å²) >= 11 is 0. The monoisotopic (exact) mass is 743 g/mol. The summed E-state index contributed by atoms with van der Waals surface area (Å²) in [5, 5.41) is 0. The van der Waals surface area contributed by atoms with Crippen LogP contribution in [-0.2, 0) is 6.42 Å². The van der Waals surface area contributed by atoms with Gasteiger partial charge in [-0.15, -0.1) is 0 Å². The summed E-state index contributed by atoms with van der Waals surface area (Å²) in [6, 6.07) is 10.3. The maximum atomic E-state index is 13.6. The Labute approximate surface area is 337 Å². The molecule has 1 aliphatic heterocycles. The number of carbonyl (C=O) groups excluding carboxylic acids is 2. The lowest BCUT2D eigenvalue weighted by Crippen LogP contribution is -2.36. The average molecular weight is 744 g/mol. The van der Waals surface area contributed by atoms with Crippen molar-refractivity contribution in [3.05, 3.63) is 153 Å². The van der Waals surface area contributed by atoms with E-state index in [1.165, 1.54) is 75.0 Å². The third-order valence-corrected chi connectivity index (χ3v) is 12.6. The van der Waals surface area contributed by atoms with Crippen molar-refractivity contribution in [2.45, 2.75) is 94.4 Å². The van der Waals surface area contributed by atoms with E-state index in [0.717, 1.165) is 42.7 Å². The molecule has 3 heteroatoms. The molecule has 1 aromatic carbocycles. The van der Waals surface area contributed by atoms with E-state index < -0.39 is 0 Å². The van der Waals surface area contributed by atoms with Gasteiger partial charge in [0.05, 0.1) is 0 Å². The van der Waals surface area contributed by atoms with Crippen molar-refractivity contribution >= 4 is 22.7 Å². The normalized spacial score (nSPS) is 22.4. The molecule has 1 fully saturated rings. The van der Waals surface area contributed by atoms with Gasteiger partial charge in [-0.1, -0.05) is 147 Å². The zero-order valence-corrected chi connectivity index (χ0v) is 35.4. The molecule has 0 amide bonds. The molecule has 290 valence electrons. The smallest absolute Gasteiger partial charge is 0.193 e. The molecule has 0 saturated carbocycles. The first-order valence-corrected chi connectivity index (χ1v) is 21.4. The Kier molecular flexibility index (Phi) is 12.5. The van der Waals surface area contributed by atoms with Gasteiger partial charge in [-0.05, 0) is 119 Å². The lowest BCUT2D eigenvalue weighted by molar-refractivity contribution is 0.0948. The molecule has 0 N–H and O–H groups in total. The third-order valence-electron chi connectivity index (χ3n) is 12.6. The van der Waals surface area contributed by atoms with Crippen molar-refractivity contribution in [3.63, 3.8) is 0 Å². The summed E-state index contributed by atoms with van der Waals surface area (Å²) in [6.45, 7) is 25.9. The predicted octanol–water partition coefficient (Wildman–Crippen LogP) is 13.1.